The van der Waals surface area contributed by atoms with E-state index < -0.39 is 20.5 Å². The summed E-state index contributed by atoms with van der Waals surface area (Å²) in [6, 6.07) is 4.96. The first-order valence-electron chi connectivity index (χ1n) is 7.52. The van der Waals surface area contributed by atoms with E-state index in [2.05, 4.69) is 10.6 Å². The number of rotatable bonds is 6. The second-order valence-electron chi connectivity index (χ2n) is 5.61. The molecule has 1 aromatic carbocycles. The van der Waals surface area contributed by atoms with Gasteiger partial charge in [0.2, 0.25) is 15.7 Å². The summed E-state index contributed by atoms with van der Waals surface area (Å²) in [7, 11) is -4.66. The number of carbonyl (C=O) groups excluding carboxylic acids is 1. The first-order valence-corrected chi connectivity index (χ1v) is 9.07. The molecule has 136 valence electrons. The molecule has 0 saturated carbocycles. The quantitative estimate of drug-likeness (QED) is 0.793. The van der Waals surface area contributed by atoms with Crippen LogP contribution in [0.25, 0.3) is 0 Å². The lowest BCUT2D eigenvalue weighted by atomic mass is 9.93. The van der Waals surface area contributed by atoms with E-state index in [1.807, 2.05) is 0 Å². The molecule has 1 saturated heterocycles. The zero-order valence-electron chi connectivity index (χ0n) is 13.0. The number of benzene rings is 1. The molecule has 2 rings (SSSR count). The van der Waals surface area contributed by atoms with Crippen LogP contribution in [0.3, 0.4) is 0 Å². The van der Waals surface area contributed by atoms with Crippen LogP contribution in [0.2, 0.25) is 0 Å². The Kier molecular flexibility index (Phi) is 8.05. The third-order valence-electron chi connectivity index (χ3n) is 3.92. The van der Waals surface area contributed by atoms with E-state index in [-0.39, 0.29) is 24.0 Å². The number of anilines is 1. The van der Waals surface area contributed by atoms with E-state index in [0.29, 0.717) is 12.3 Å². The Labute approximate surface area is 146 Å². The average molecular weight is 383 g/mol. The zero-order valence-corrected chi connectivity index (χ0v) is 14.6. The van der Waals surface area contributed by atoms with E-state index in [1.54, 1.807) is 0 Å². The predicted molar refractivity (Wildman–Crippen MR) is 90.3 cm³/mol. The minimum Gasteiger partial charge on any atom is -0.326 e. The molecule has 24 heavy (non-hydrogen) atoms. The van der Waals surface area contributed by atoms with Gasteiger partial charge in [-0.3, -0.25) is 4.79 Å². The third-order valence-corrected chi connectivity index (χ3v) is 5.30. The van der Waals surface area contributed by atoms with Crippen molar-refractivity contribution in [2.45, 2.75) is 36.3 Å². The highest BCUT2D eigenvalue weighted by Crippen LogP contribution is 2.22. The van der Waals surface area contributed by atoms with Gasteiger partial charge in [0.25, 0.3) is 0 Å². The molecule has 0 aromatic heterocycles. The molecular formula is C15H21ClF2N2O3S. The molecule has 0 unspecified atom stereocenters. The van der Waals surface area contributed by atoms with Gasteiger partial charge in [-0.1, -0.05) is 6.07 Å². The topological polar surface area (TPSA) is 75.3 Å². The average Bonchev–Trinajstić information content (AvgIpc) is 2.54. The molecule has 1 aliphatic heterocycles. The van der Waals surface area contributed by atoms with Gasteiger partial charge in [-0.05, 0) is 56.5 Å². The molecule has 1 fully saturated rings. The maximum atomic E-state index is 12.5. The van der Waals surface area contributed by atoms with Crippen LogP contribution < -0.4 is 10.6 Å². The van der Waals surface area contributed by atoms with Crippen LogP contribution in [0, 0.1) is 5.92 Å². The Morgan fingerprint density at radius 1 is 1.29 bits per heavy atom. The van der Waals surface area contributed by atoms with Crippen LogP contribution in [-0.4, -0.2) is 33.2 Å². The molecule has 0 atom stereocenters. The Morgan fingerprint density at radius 2 is 1.96 bits per heavy atom. The number of nitrogens with one attached hydrogen (secondary N) is 2. The third kappa shape index (κ3) is 5.68. The molecule has 0 spiro atoms. The summed E-state index contributed by atoms with van der Waals surface area (Å²) in [5.74, 6) is -3.21. The van der Waals surface area contributed by atoms with E-state index in [1.165, 1.54) is 12.1 Å². The van der Waals surface area contributed by atoms with Gasteiger partial charge in [0, 0.05) is 12.1 Å². The van der Waals surface area contributed by atoms with Gasteiger partial charge in [0.15, 0.2) is 0 Å². The molecule has 9 heteroatoms. The molecule has 1 aliphatic rings. The molecule has 2 N–H and O–H groups in total. The van der Waals surface area contributed by atoms with E-state index >= 15 is 0 Å². The molecule has 0 aliphatic carbocycles. The first kappa shape index (κ1) is 20.8. The smallest absolute Gasteiger partial charge is 0.326 e. The van der Waals surface area contributed by atoms with Crippen LogP contribution in [-0.2, 0) is 14.6 Å². The lowest BCUT2D eigenvalue weighted by Crippen LogP contribution is -2.28. The Hall–Kier alpha value is -1.25. The van der Waals surface area contributed by atoms with Gasteiger partial charge in [0.05, 0.1) is 4.90 Å². The second kappa shape index (κ2) is 9.29. The maximum Gasteiger partial charge on any atom is 0.341 e. The highest BCUT2D eigenvalue weighted by atomic mass is 35.5. The number of carbonyl (C=O) groups is 1. The largest absolute Gasteiger partial charge is 0.341 e. The molecule has 0 radical (unpaired) electrons. The highest BCUT2D eigenvalue weighted by Gasteiger charge is 2.26. The number of piperidine rings is 1. The van der Waals surface area contributed by atoms with Crippen molar-refractivity contribution in [3.63, 3.8) is 0 Å². The SMILES string of the molecule is Cl.O=C(CCC1CCNCC1)Nc1cccc(S(=O)(=O)C(F)F)c1. The van der Waals surface area contributed by atoms with Gasteiger partial charge >= 0.3 is 5.76 Å². The summed E-state index contributed by atoms with van der Waals surface area (Å²) in [4.78, 5) is 11.4. The Bertz CT molecular complexity index is 650. The Balaban J connectivity index is 0.00000288. The summed E-state index contributed by atoms with van der Waals surface area (Å²) < 4.78 is 47.9. The number of amides is 1. The van der Waals surface area contributed by atoms with Crippen LogP contribution in [0.4, 0.5) is 14.5 Å². The fourth-order valence-electron chi connectivity index (χ4n) is 2.58. The number of hydrogen-bond donors (Lipinski definition) is 2. The fraction of sp³-hybridized carbons (Fsp3) is 0.533. The van der Waals surface area contributed by atoms with Gasteiger partial charge in [-0.2, -0.15) is 8.78 Å². The minimum atomic E-state index is -4.66. The van der Waals surface area contributed by atoms with Crippen molar-refractivity contribution in [1.82, 2.24) is 5.32 Å². The standard InChI is InChI=1S/C15H20F2N2O3S.ClH/c16-15(17)23(21,22)13-3-1-2-12(10-13)19-14(20)5-4-11-6-8-18-9-7-11;/h1-3,10-11,15,18H,4-9H2,(H,19,20);1H. The summed E-state index contributed by atoms with van der Waals surface area (Å²) in [5.41, 5.74) is 0.210. The van der Waals surface area contributed by atoms with Crippen molar-refractivity contribution in [1.29, 1.82) is 0 Å². The number of halogens is 3. The molecule has 5 nitrogen and oxygen atoms in total. The van der Waals surface area contributed by atoms with Crippen molar-refractivity contribution < 1.29 is 22.0 Å². The van der Waals surface area contributed by atoms with Crippen LogP contribution in [0.5, 0.6) is 0 Å². The molecular weight excluding hydrogens is 362 g/mol. The van der Waals surface area contributed by atoms with E-state index in [9.17, 15) is 22.0 Å². The van der Waals surface area contributed by atoms with Crippen molar-refractivity contribution in [3.05, 3.63) is 24.3 Å². The first-order chi connectivity index (χ1) is 10.9. The van der Waals surface area contributed by atoms with Gasteiger partial charge in [-0.15, -0.1) is 12.4 Å². The monoisotopic (exact) mass is 382 g/mol. The lowest BCUT2D eigenvalue weighted by Gasteiger charge is -2.22. The molecule has 0 bridgehead atoms. The van der Waals surface area contributed by atoms with Crippen LogP contribution in [0.15, 0.2) is 29.2 Å². The van der Waals surface area contributed by atoms with E-state index in [0.717, 1.165) is 44.5 Å². The summed E-state index contributed by atoms with van der Waals surface area (Å²) in [5, 5.41) is 5.82. The second-order valence-corrected chi connectivity index (χ2v) is 7.53. The van der Waals surface area contributed by atoms with Crippen molar-refractivity contribution >= 4 is 33.8 Å². The van der Waals surface area contributed by atoms with Crippen molar-refractivity contribution in [2.24, 2.45) is 5.92 Å². The normalized spacial score (nSPS) is 15.8. The van der Waals surface area contributed by atoms with Crippen molar-refractivity contribution in [2.75, 3.05) is 18.4 Å². The summed E-state index contributed by atoms with van der Waals surface area (Å²) in [6.45, 7) is 1.92. The van der Waals surface area contributed by atoms with Gasteiger partial charge in [0.1, 0.15) is 0 Å². The molecule has 1 heterocycles. The maximum absolute atomic E-state index is 12.5. The lowest BCUT2D eigenvalue weighted by molar-refractivity contribution is -0.116. The van der Waals surface area contributed by atoms with Gasteiger partial charge < -0.3 is 10.6 Å². The minimum absolute atomic E-state index is 0. The summed E-state index contributed by atoms with van der Waals surface area (Å²) >= 11 is 0. The van der Waals surface area contributed by atoms with E-state index in [4.69, 9.17) is 0 Å². The summed E-state index contributed by atoms with van der Waals surface area (Å²) in [6.07, 6.45) is 3.17. The number of sulfone groups is 1. The predicted octanol–water partition coefficient (Wildman–Crippen LogP) is 2.82. The van der Waals surface area contributed by atoms with Crippen LogP contribution >= 0.6 is 12.4 Å². The number of alkyl halides is 2. The molecule has 1 aromatic rings. The van der Waals surface area contributed by atoms with Crippen LogP contribution in [0.1, 0.15) is 25.7 Å². The molecule has 1 amide bonds. The van der Waals surface area contributed by atoms with Gasteiger partial charge in [-0.25, -0.2) is 8.42 Å². The number of hydrogen-bond acceptors (Lipinski definition) is 4. The van der Waals surface area contributed by atoms with Crippen molar-refractivity contribution in [3.8, 4) is 0 Å². The fourth-order valence-corrected chi connectivity index (χ4v) is 3.35. The Morgan fingerprint density at radius 3 is 2.58 bits per heavy atom. The zero-order chi connectivity index (χ0) is 16.9. The highest BCUT2D eigenvalue weighted by molar-refractivity contribution is 7.91.